The van der Waals surface area contributed by atoms with E-state index in [2.05, 4.69) is 147 Å². The Morgan fingerprint density at radius 1 is 0.459 bits per heavy atom. The van der Waals surface area contributed by atoms with Crippen LogP contribution >= 0.6 is 0 Å². The van der Waals surface area contributed by atoms with Gasteiger partial charge in [0, 0.05) is 40.5 Å². The number of aryl methyl sites for hydroxylation is 4. The van der Waals surface area contributed by atoms with Crippen LogP contribution in [0.2, 0.25) is 0 Å². The van der Waals surface area contributed by atoms with Gasteiger partial charge in [-0.1, -0.05) is 70.8 Å². The third-order valence-electron chi connectivity index (χ3n) is 7.28. The molecule has 0 bridgehead atoms. The number of benzene rings is 5. The number of anilines is 6. The van der Waals surface area contributed by atoms with Crippen molar-refractivity contribution in [2.24, 2.45) is 0 Å². The van der Waals surface area contributed by atoms with Crippen molar-refractivity contribution < 1.29 is 0 Å². The molecule has 1 aliphatic rings. The highest BCUT2D eigenvalue weighted by molar-refractivity contribution is 5.85. The maximum atomic E-state index is 2.42. The summed E-state index contributed by atoms with van der Waals surface area (Å²) in [4.78, 5) is 4.74. The van der Waals surface area contributed by atoms with Crippen LogP contribution in [0.1, 0.15) is 33.4 Å². The van der Waals surface area contributed by atoms with E-state index in [1.54, 1.807) is 0 Å². The molecule has 0 amide bonds. The van der Waals surface area contributed by atoms with Crippen LogP contribution in [0.4, 0.5) is 34.1 Å². The Morgan fingerprint density at radius 3 is 1.27 bits per heavy atom. The number of hydrogen-bond donors (Lipinski definition) is 0. The molecule has 5 aromatic carbocycles. The zero-order valence-corrected chi connectivity index (χ0v) is 22.0. The van der Waals surface area contributed by atoms with Crippen LogP contribution in [0.15, 0.2) is 109 Å². The SMILES string of the molecule is Cc1ccc(N(c2ccc(C)cc2)c2ccc(N3c4ccc(C)cc4Cc4cc(C)ccc43)cc2)cc1. The average Bonchev–Trinajstić information content (AvgIpc) is 2.90. The maximum Gasteiger partial charge on any atom is 0.0497 e. The van der Waals surface area contributed by atoms with Gasteiger partial charge in [-0.05, 0) is 99.5 Å². The normalized spacial score (nSPS) is 12.2. The fraction of sp³-hybridized carbons (Fsp3) is 0.143. The molecule has 1 heterocycles. The summed E-state index contributed by atoms with van der Waals surface area (Å²) >= 11 is 0. The van der Waals surface area contributed by atoms with Crippen molar-refractivity contribution in [1.29, 1.82) is 0 Å². The standard InChI is InChI=1S/C35H32N2/c1-24-5-11-30(12-6-24)36(31-13-7-25(2)8-14-31)32-15-17-33(18-16-32)37-34-19-9-26(3)21-28(34)23-29-22-27(4)10-20-35(29)37/h5-22H,23H2,1-4H3. The lowest BCUT2D eigenvalue weighted by Gasteiger charge is -2.34. The number of nitrogens with zero attached hydrogens (tertiary/aromatic N) is 2. The van der Waals surface area contributed by atoms with Crippen LogP contribution in [-0.2, 0) is 6.42 Å². The quantitative estimate of drug-likeness (QED) is 0.248. The highest BCUT2D eigenvalue weighted by atomic mass is 15.2. The van der Waals surface area contributed by atoms with Crippen LogP contribution in [0.5, 0.6) is 0 Å². The Morgan fingerprint density at radius 2 is 0.838 bits per heavy atom. The predicted octanol–water partition coefficient (Wildman–Crippen LogP) is 9.76. The van der Waals surface area contributed by atoms with E-state index in [9.17, 15) is 0 Å². The van der Waals surface area contributed by atoms with Crippen molar-refractivity contribution in [3.63, 3.8) is 0 Å². The van der Waals surface area contributed by atoms with E-state index in [4.69, 9.17) is 0 Å². The van der Waals surface area contributed by atoms with E-state index in [1.165, 1.54) is 50.4 Å². The first-order valence-corrected chi connectivity index (χ1v) is 13.0. The minimum absolute atomic E-state index is 0.969. The zero-order chi connectivity index (χ0) is 25.5. The monoisotopic (exact) mass is 480 g/mol. The molecule has 1 aliphatic heterocycles. The van der Waals surface area contributed by atoms with Gasteiger partial charge in [0.25, 0.3) is 0 Å². The van der Waals surface area contributed by atoms with Gasteiger partial charge in [0.2, 0.25) is 0 Å². The summed E-state index contributed by atoms with van der Waals surface area (Å²) < 4.78 is 0. The molecule has 2 heteroatoms. The second kappa shape index (κ2) is 9.29. The van der Waals surface area contributed by atoms with Crippen molar-refractivity contribution in [3.05, 3.63) is 143 Å². The summed E-state index contributed by atoms with van der Waals surface area (Å²) in [5.41, 5.74) is 15.0. The largest absolute Gasteiger partial charge is 0.311 e. The fourth-order valence-corrected chi connectivity index (χ4v) is 5.35. The summed E-state index contributed by atoms with van der Waals surface area (Å²) in [6.45, 7) is 8.62. The summed E-state index contributed by atoms with van der Waals surface area (Å²) in [7, 11) is 0. The molecular weight excluding hydrogens is 448 g/mol. The second-order valence-corrected chi connectivity index (χ2v) is 10.3. The average molecular weight is 481 g/mol. The fourth-order valence-electron chi connectivity index (χ4n) is 5.35. The summed E-state index contributed by atoms with van der Waals surface area (Å²) in [6.07, 6.45) is 0.969. The summed E-state index contributed by atoms with van der Waals surface area (Å²) in [5, 5.41) is 0. The molecule has 37 heavy (non-hydrogen) atoms. The van der Waals surface area contributed by atoms with Gasteiger partial charge in [-0.15, -0.1) is 0 Å². The van der Waals surface area contributed by atoms with Gasteiger partial charge in [-0.2, -0.15) is 0 Å². The maximum absolute atomic E-state index is 2.42. The van der Waals surface area contributed by atoms with E-state index in [-0.39, 0.29) is 0 Å². The molecule has 182 valence electrons. The van der Waals surface area contributed by atoms with Crippen LogP contribution < -0.4 is 9.80 Å². The molecule has 0 radical (unpaired) electrons. The van der Waals surface area contributed by atoms with Gasteiger partial charge in [0.1, 0.15) is 0 Å². The molecule has 0 aromatic heterocycles. The first-order valence-electron chi connectivity index (χ1n) is 13.0. The molecule has 0 fully saturated rings. The topological polar surface area (TPSA) is 6.48 Å². The molecule has 0 atom stereocenters. The van der Waals surface area contributed by atoms with Crippen LogP contribution in [0, 0.1) is 27.7 Å². The minimum atomic E-state index is 0.969. The predicted molar refractivity (Wildman–Crippen MR) is 158 cm³/mol. The van der Waals surface area contributed by atoms with E-state index < -0.39 is 0 Å². The van der Waals surface area contributed by atoms with E-state index in [0.29, 0.717) is 0 Å². The third kappa shape index (κ3) is 4.40. The number of rotatable bonds is 4. The summed E-state index contributed by atoms with van der Waals surface area (Å²) in [5.74, 6) is 0. The van der Waals surface area contributed by atoms with Gasteiger partial charge in [0.15, 0.2) is 0 Å². The van der Waals surface area contributed by atoms with Crippen molar-refractivity contribution in [2.45, 2.75) is 34.1 Å². The lowest BCUT2D eigenvalue weighted by Crippen LogP contribution is -2.19. The Kier molecular flexibility index (Phi) is 5.81. The van der Waals surface area contributed by atoms with E-state index in [1.807, 2.05) is 0 Å². The second-order valence-electron chi connectivity index (χ2n) is 10.3. The molecule has 0 saturated heterocycles. The molecule has 0 spiro atoms. The van der Waals surface area contributed by atoms with Crippen molar-refractivity contribution in [2.75, 3.05) is 9.80 Å². The number of hydrogen-bond acceptors (Lipinski definition) is 2. The van der Waals surface area contributed by atoms with Crippen LogP contribution in [0.3, 0.4) is 0 Å². The van der Waals surface area contributed by atoms with Gasteiger partial charge in [-0.3, -0.25) is 0 Å². The van der Waals surface area contributed by atoms with Gasteiger partial charge >= 0.3 is 0 Å². The zero-order valence-electron chi connectivity index (χ0n) is 22.0. The van der Waals surface area contributed by atoms with E-state index >= 15 is 0 Å². The van der Waals surface area contributed by atoms with Gasteiger partial charge in [-0.25, -0.2) is 0 Å². The lowest BCUT2D eigenvalue weighted by molar-refractivity contribution is 1.08. The smallest absolute Gasteiger partial charge is 0.0497 e. The Hall–Kier alpha value is -4.30. The van der Waals surface area contributed by atoms with Gasteiger partial charge < -0.3 is 9.80 Å². The summed E-state index contributed by atoms with van der Waals surface area (Å²) in [6, 6.07) is 40.1. The Bertz CT molecular complexity index is 1470. The first kappa shape index (κ1) is 23.1. The Balaban J connectivity index is 1.45. The molecule has 2 nitrogen and oxygen atoms in total. The van der Waals surface area contributed by atoms with Crippen molar-refractivity contribution in [3.8, 4) is 0 Å². The highest BCUT2D eigenvalue weighted by Gasteiger charge is 2.24. The van der Waals surface area contributed by atoms with Crippen molar-refractivity contribution >= 4 is 34.1 Å². The lowest BCUT2D eigenvalue weighted by atomic mass is 9.92. The molecule has 0 saturated carbocycles. The van der Waals surface area contributed by atoms with E-state index in [0.717, 1.165) is 23.5 Å². The molecular formula is C35H32N2. The van der Waals surface area contributed by atoms with Crippen molar-refractivity contribution in [1.82, 2.24) is 0 Å². The molecule has 0 aliphatic carbocycles. The third-order valence-corrected chi connectivity index (χ3v) is 7.28. The molecule has 0 N–H and O–H groups in total. The molecule has 0 unspecified atom stereocenters. The highest BCUT2D eigenvalue weighted by Crippen LogP contribution is 2.45. The van der Waals surface area contributed by atoms with Crippen LogP contribution in [-0.4, -0.2) is 0 Å². The number of fused-ring (bicyclic) bond motifs is 2. The Labute approximate surface area is 220 Å². The van der Waals surface area contributed by atoms with Gasteiger partial charge in [0.05, 0.1) is 0 Å². The molecule has 5 aromatic rings. The first-order chi connectivity index (χ1) is 18.0. The molecule has 6 rings (SSSR count). The minimum Gasteiger partial charge on any atom is -0.311 e. The van der Waals surface area contributed by atoms with Crippen LogP contribution in [0.25, 0.3) is 0 Å².